The molecule has 2 heterocycles. The maximum Gasteiger partial charge on any atom is 0.257 e. The number of carbonyl (C=O) groups excluding carboxylic acids is 1. The first-order valence-electron chi connectivity index (χ1n) is 5.97. The number of likely N-dealkylation sites (tertiary alicyclic amines) is 1. The maximum absolute atomic E-state index is 13.1. The van der Waals surface area contributed by atoms with Gasteiger partial charge in [-0.2, -0.15) is 5.26 Å². The van der Waals surface area contributed by atoms with Crippen molar-refractivity contribution >= 4 is 17.5 Å². The van der Waals surface area contributed by atoms with E-state index in [1.165, 1.54) is 0 Å². The van der Waals surface area contributed by atoms with E-state index in [0.717, 1.165) is 12.3 Å². The molecule has 1 aromatic heterocycles. The predicted octanol–water partition coefficient (Wildman–Crippen LogP) is 2.64. The van der Waals surface area contributed by atoms with Gasteiger partial charge in [-0.1, -0.05) is 11.6 Å². The van der Waals surface area contributed by atoms with Gasteiger partial charge in [0, 0.05) is 13.1 Å². The van der Waals surface area contributed by atoms with E-state index in [9.17, 15) is 9.18 Å². The topological polar surface area (TPSA) is 57.0 Å². The molecule has 1 aliphatic heterocycles. The zero-order valence-corrected chi connectivity index (χ0v) is 11.2. The summed E-state index contributed by atoms with van der Waals surface area (Å²) in [5.74, 6) is -0.927. The Labute approximate surface area is 115 Å². The Bertz CT molecular complexity index is 547. The van der Waals surface area contributed by atoms with E-state index in [2.05, 4.69) is 11.1 Å². The fraction of sp³-hybridized carbons (Fsp3) is 0.462. The Kier molecular flexibility index (Phi) is 3.72. The number of hydrogen-bond acceptors (Lipinski definition) is 3. The Hall–Kier alpha value is -1.67. The minimum Gasteiger partial charge on any atom is -0.338 e. The number of amides is 1. The zero-order chi connectivity index (χ0) is 14.0. The Morgan fingerprint density at radius 1 is 1.58 bits per heavy atom. The van der Waals surface area contributed by atoms with Gasteiger partial charge >= 0.3 is 0 Å². The number of aromatic nitrogens is 1. The monoisotopic (exact) mass is 281 g/mol. The van der Waals surface area contributed by atoms with Crippen molar-refractivity contribution in [2.24, 2.45) is 5.41 Å². The minimum absolute atomic E-state index is 0.0000170. The third kappa shape index (κ3) is 2.85. The van der Waals surface area contributed by atoms with E-state index >= 15 is 0 Å². The molecule has 1 saturated heterocycles. The second-order valence-corrected chi connectivity index (χ2v) is 5.31. The Morgan fingerprint density at radius 2 is 2.21 bits per heavy atom. The van der Waals surface area contributed by atoms with Crippen LogP contribution in [0.25, 0.3) is 0 Å². The predicted molar refractivity (Wildman–Crippen MR) is 68.1 cm³/mol. The quantitative estimate of drug-likeness (QED) is 0.744. The van der Waals surface area contributed by atoms with Crippen LogP contribution in [-0.2, 0) is 0 Å². The van der Waals surface area contributed by atoms with E-state index in [-0.39, 0.29) is 22.0 Å². The second kappa shape index (κ2) is 5.14. The number of carbonyl (C=O) groups is 1. The van der Waals surface area contributed by atoms with E-state index in [1.54, 1.807) is 4.90 Å². The molecule has 6 heteroatoms. The van der Waals surface area contributed by atoms with Gasteiger partial charge in [-0.15, -0.1) is 0 Å². The van der Waals surface area contributed by atoms with Crippen LogP contribution in [0.2, 0.25) is 5.15 Å². The normalized spacial score (nSPS) is 17.9. The molecule has 0 unspecified atom stereocenters. The first kappa shape index (κ1) is 13.8. The van der Waals surface area contributed by atoms with Crippen LogP contribution in [0.15, 0.2) is 12.3 Å². The third-order valence-corrected chi connectivity index (χ3v) is 3.76. The summed E-state index contributed by atoms with van der Waals surface area (Å²) in [7, 11) is 0. The molecule has 100 valence electrons. The van der Waals surface area contributed by atoms with Crippen LogP contribution in [0, 0.1) is 22.6 Å². The van der Waals surface area contributed by atoms with Gasteiger partial charge in [0.05, 0.1) is 23.2 Å². The number of halogens is 2. The number of pyridine rings is 1. The van der Waals surface area contributed by atoms with Crippen molar-refractivity contribution in [3.63, 3.8) is 0 Å². The molecular weight excluding hydrogens is 269 g/mol. The SMILES string of the molecule is CC1(C#N)CCN(C(=O)c2cc(F)cnc2Cl)CC1. The molecule has 0 atom stereocenters. The van der Waals surface area contributed by atoms with E-state index < -0.39 is 5.82 Å². The average Bonchev–Trinajstić information content (AvgIpc) is 2.42. The van der Waals surface area contributed by atoms with Gasteiger partial charge in [-0.25, -0.2) is 9.37 Å². The summed E-state index contributed by atoms with van der Waals surface area (Å²) in [6, 6.07) is 3.36. The number of nitrogens with zero attached hydrogens (tertiary/aromatic N) is 3. The van der Waals surface area contributed by atoms with Crippen LogP contribution in [-0.4, -0.2) is 28.9 Å². The molecule has 2 rings (SSSR count). The lowest BCUT2D eigenvalue weighted by molar-refractivity contribution is 0.0661. The van der Waals surface area contributed by atoms with Crippen molar-refractivity contribution < 1.29 is 9.18 Å². The van der Waals surface area contributed by atoms with Gasteiger partial charge in [0.2, 0.25) is 0 Å². The highest BCUT2D eigenvalue weighted by Gasteiger charge is 2.32. The van der Waals surface area contributed by atoms with Crippen LogP contribution in [0.3, 0.4) is 0 Å². The fourth-order valence-electron chi connectivity index (χ4n) is 2.06. The van der Waals surface area contributed by atoms with E-state index in [4.69, 9.17) is 16.9 Å². The van der Waals surface area contributed by atoms with Gasteiger partial charge < -0.3 is 4.90 Å². The molecule has 0 bridgehead atoms. The average molecular weight is 282 g/mol. The van der Waals surface area contributed by atoms with E-state index in [1.807, 2.05) is 6.92 Å². The van der Waals surface area contributed by atoms with Crippen molar-refractivity contribution in [2.75, 3.05) is 13.1 Å². The molecule has 0 aliphatic carbocycles. The van der Waals surface area contributed by atoms with Crippen LogP contribution in [0.5, 0.6) is 0 Å². The maximum atomic E-state index is 13.1. The lowest BCUT2D eigenvalue weighted by atomic mass is 9.82. The molecule has 1 aromatic rings. The summed E-state index contributed by atoms with van der Waals surface area (Å²) in [5, 5.41) is 9.04. The Morgan fingerprint density at radius 3 is 2.79 bits per heavy atom. The molecule has 0 radical (unpaired) electrons. The summed E-state index contributed by atoms with van der Waals surface area (Å²) in [6.45, 7) is 2.82. The standard InChI is InChI=1S/C13H13ClFN3O/c1-13(8-16)2-4-18(5-3-13)12(19)10-6-9(15)7-17-11(10)14/h6-7H,2-5H2,1H3. The largest absolute Gasteiger partial charge is 0.338 e. The number of nitriles is 1. The van der Waals surface area contributed by atoms with Gasteiger partial charge in [0.25, 0.3) is 5.91 Å². The fourth-order valence-corrected chi connectivity index (χ4v) is 2.24. The molecular formula is C13H13ClFN3O. The summed E-state index contributed by atoms with van der Waals surface area (Å²) < 4.78 is 13.1. The van der Waals surface area contributed by atoms with Crippen molar-refractivity contribution in [3.05, 3.63) is 28.8 Å². The van der Waals surface area contributed by atoms with Gasteiger partial charge in [-0.3, -0.25) is 4.79 Å². The lowest BCUT2D eigenvalue weighted by Crippen LogP contribution is -2.41. The molecule has 4 nitrogen and oxygen atoms in total. The molecule has 0 N–H and O–H groups in total. The highest BCUT2D eigenvalue weighted by molar-refractivity contribution is 6.32. The van der Waals surface area contributed by atoms with Crippen molar-refractivity contribution in [1.29, 1.82) is 5.26 Å². The molecule has 0 spiro atoms. The lowest BCUT2D eigenvalue weighted by Gasteiger charge is -2.35. The summed E-state index contributed by atoms with van der Waals surface area (Å²) in [4.78, 5) is 17.4. The molecule has 1 aliphatic rings. The zero-order valence-electron chi connectivity index (χ0n) is 10.5. The van der Waals surface area contributed by atoms with Crippen LogP contribution >= 0.6 is 11.6 Å². The molecule has 1 amide bonds. The minimum atomic E-state index is -0.591. The van der Waals surface area contributed by atoms with Gasteiger partial charge in [0.15, 0.2) is 0 Å². The van der Waals surface area contributed by atoms with Crippen molar-refractivity contribution in [3.8, 4) is 6.07 Å². The van der Waals surface area contributed by atoms with Gasteiger partial charge in [-0.05, 0) is 25.8 Å². The molecule has 1 fully saturated rings. The number of rotatable bonds is 1. The highest BCUT2D eigenvalue weighted by Crippen LogP contribution is 2.30. The van der Waals surface area contributed by atoms with E-state index in [0.29, 0.717) is 25.9 Å². The molecule has 0 saturated carbocycles. The summed E-state index contributed by atoms with van der Waals surface area (Å²) in [5.41, 5.74) is -0.317. The molecule has 19 heavy (non-hydrogen) atoms. The van der Waals surface area contributed by atoms with Crippen LogP contribution < -0.4 is 0 Å². The number of hydrogen-bond donors (Lipinski definition) is 0. The first-order chi connectivity index (χ1) is 8.95. The first-order valence-corrected chi connectivity index (χ1v) is 6.34. The van der Waals surface area contributed by atoms with Crippen LogP contribution in [0.1, 0.15) is 30.1 Å². The third-order valence-electron chi connectivity index (χ3n) is 3.46. The molecule has 0 aromatic carbocycles. The highest BCUT2D eigenvalue weighted by atomic mass is 35.5. The van der Waals surface area contributed by atoms with Crippen LogP contribution in [0.4, 0.5) is 4.39 Å². The van der Waals surface area contributed by atoms with Crippen molar-refractivity contribution in [1.82, 2.24) is 9.88 Å². The Balaban J connectivity index is 2.14. The van der Waals surface area contributed by atoms with Gasteiger partial charge in [0.1, 0.15) is 11.0 Å². The second-order valence-electron chi connectivity index (χ2n) is 4.96. The smallest absolute Gasteiger partial charge is 0.257 e. The van der Waals surface area contributed by atoms with Crippen molar-refractivity contribution in [2.45, 2.75) is 19.8 Å². The number of piperidine rings is 1. The summed E-state index contributed by atoms with van der Waals surface area (Å²) >= 11 is 5.82. The summed E-state index contributed by atoms with van der Waals surface area (Å²) in [6.07, 6.45) is 2.19.